The molecule has 1 aliphatic carbocycles. The molecule has 1 fully saturated rings. The number of hydrogen-bond acceptors (Lipinski definition) is 7. The van der Waals surface area contributed by atoms with Crippen LogP contribution in [0.4, 0.5) is 20.2 Å². The first-order chi connectivity index (χ1) is 20.7. The van der Waals surface area contributed by atoms with Gasteiger partial charge >= 0.3 is 35.5 Å². The number of benzene rings is 3. The van der Waals surface area contributed by atoms with Crippen LogP contribution in [0.15, 0.2) is 66.9 Å². The van der Waals surface area contributed by atoms with E-state index in [1.807, 2.05) is 0 Å². The van der Waals surface area contributed by atoms with Gasteiger partial charge in [0.05, 0.1) is 25.2 Å². The number of hydrogen-bond donors (Lipinski definition) is 3. The molecule has 1 saturated carbocycles. The third kappa shape index (κ3) is 7.44. The number of halogens is 2. The molecular formula is C31H28F2N3NaO7. The maximum atomic E-state index is 15.2. The second-order valence-corrected chi connectivity index (χ2v) is 9.79. The van der Waals surface area contributed by atoms with Gasteiger partial charge in [-0.25, -0.2) is 8.78 Å². The number of amides is 2. The summed E-state index contributed by atoms with van der Waals surface area (Å²) in [6.45, 7) is 2.03. The Morgan fingerprint density at radius 1 is 0.886 bits per heavy atom. The summed E-state index contributed by atoms with van der Waals surface area (Å²) < 4.78 is 45.4. The first-order valence-electron chi connectivity index (χ1n) is 13.4. The molecule has 224 valence electrons. The van der Waals surface area contributed by atoms with E-state index in [4.69, 9.17) is 19.3 Å². The zero-order valence-corrected chi connectivity index (χ0v) is 26.0. The molecule has 1 aromatic heterocycles. The second kappa shape index (κ2) is 14.0. The number of carbonyl (C=O) groups is 3. The van der Waals surface area contributed by atoms with Crippen molar-refractivity contribution in [2.24, 2.45) is 5.41 Å². The van der Waals surface area contributed by atoms with Crippen molar-refractivity contribution in [1.29, 1.82) is 0 Å². The number of carbonyl (C=O) groups excluding carboxylic acids is 2. The number of carboxylic acid groups (broad SMARTS) is 1. The Morgan fingerprint density at radius 3 is 2.18 bits per heavy atom. The van der Waals surface area contributed by atoms with Crippen molar-refractivity contribution in [3.63, 3.8) is 0 Å². The summed E-state index contributed by atoms with van der Waals surface area (Å²) in [5, 5.41) is 14.6. The summed E-state index contributed by atoms with van der Waals surface area (Å²) in [4.78, 5) is 41.0. The van der Waals surface area contributed by atoms with Crippen LogP contribution in [0.3, 0.4) is 0 Å². The van der Waals surface area contributed by atoms with Crippen LogP contribution in [-0.4, -0.2) is 41.1 Å². The molecule has 0 bridgehead atoms. The Morgan fingerprint density at radius 2 is 1.55 bits per heavy atom. The predicted molar refractivity (Wildman–Crippen MR) is 154 cm³/mol. The van der Waals surface area contributed by atoms with Crippen molar-refractivity contribution in [2.45, 2.75) is 26.2 Å². The molecular weight excluding hydrogens is 587 g/mol. The maximum Gasteiger partial charge on any atom is 1.00 e. The van der Waals surface area contributed by atoms with Gasteiger partial charge < -0.3 is 31.4 Å². The van der Waals surface area contributed by atoms with Crippen LogP contribution in [0, 0.1) is 17.0 Å². The van der Waals surface area contributed by atoms with Crippen LogP contribution in [-0.2, 0) is 14.4 Å². The topological polar surface area (TPSA) is 136 Å². The zero-order chi connectivity index (χ0) is 30.6. The molecule has 0 aliphatic heterocycles. The SMILES string of the molecule is CCOc1cc2c(Oc3ccc(NC(=O)C4(C(=O)Nc5ccc(F)cc5)CC4)cc3F)ccnc2cc1OCCC(=O)O.[H-].[Na+]. The first kappa shape index (κ1) is 32.6. The molecule has 13 heteroatoms. The summed E-state index contributed by atoms with van der Waals surface area (Å²) in [6, 6.07) is 13.8. The van der Waals surface area contributed by atoms with Crippen molar-refractivity contribution in [3.8, 4) is 23.0 Å². The molecule has 0 spiro atoms. The second-order valence-electron chi connectivity index (χ2n) is 9.79. The number of rotatable bonds is 12. The summed E-state index contributed by atoms with van der Waals surface area (Å²) >= 11 is 0. The van der Waals surface area contributed by atoms with Crippen LogP contribution < -0.4 is 54.4 Å². The fraction of sp³-hybridized carbons (Fsp3) is 0.226. The average molecular weight is 616 g/mol. The van der Waals surface area contributed by atoms with Gasteiger partial charge in [0.2, 0.25) is 11.8 Å². The largest absolute Gasteiger partial charge is 1.00 e. The molecule has 0 radical (unpaired) electrons. The molecule has 2 amide bonds. The van der Waals surface area contributed by atoms with E-state index in [9.17, 15) is 18.8 Å². The van der Waals surface area contributed by atoms with E-state index in [0.717, 1.165) is 6.07 Å². The van der Waals surface area contributed by atoms with Gasteiger partial charge in [-0.1, -0.05) is 0 Å². The van der Waals surface area contributed by atoms with Gasteiger partial charge in [-0.3, -0.25) is 19.4 Å². The van der Waals surface area contributed by atoms with E-state index in [-0.39, 0.29) is 61.2 Å². The minimum absolute atomic E-state index is 0. The van der Waals surface area contributed by atoms with Gasteiger partial charge in [0.1, 0.15) is 17.0 Å². The molecule has 0 atom stereocenters. The molecule has 1 heterocycles. The predicted octanol–water partition coefficient (Wildman–Crippen LogP) is 3.03. The van der Waals surface area contributed by atoms with E-state index < -0.39 is 34.8 Å². The Labute approximate surface area is 274 Å². The standard InChI is InChI=1S/C31H27F2N3O7.Na.H/c1-2-41-26-16-21-23(17-27(26)42-14-10-28(37)38)34-13-9-24(21)43-25-8-7-20(15-22(25)33)36-30(40)31(11-12-31)29(39)35-19-5-3-18(32)4-6-19;;/h3-9,13,15-17H,2,10-12,14H2,1H3,(H,35,39)(H,36,40)(H,37,38);;/q;+1;-1. The van der Waals surface area contributed by atoms with Gasteiger partial charge in [-0.05, 0) is 68.3 Å². The van der Waals surface area contributed by atoms with Crippen molar-refractivity contribution in [1.82, 2.24) is 4.98 Å². The van der Waals surface area contributed by atoms with E-state index in [1.165, 1.54) is 42.6 Å². The monoisotopic (exact) mass is 615 g/mol. The zero-order valence-electron chi connectivity index (χ0n) is 25.0. The average Bonchev–Trinajstić information content (AvgIpc) is 3.79. The van der Waals surface area contributed by atoms with E-state index in [2.05, 4.69) is 15.6 Å². The normalized spacial score (nSPS) is 12.9. The molecule has 4 aromatic rings. The summed E-state index contributed by atoms with van der Waals surface area (Å²) in [5.41, 5.74) is -0.358. The number of nitrogens with one attached hydrogen (secondary N) is 2. The van der Waals surface area contributed by atoms with Crippen LogP contribution in [0.1, 0.15) is 27.6 Å². The summed E-state index contributed by atoms with van der Waals surface area (Å²) in [5.74, 6) is -2.52. The van der Waals surface area contributed by atoms with Crippen molar-refractivity contribution >= 4 is 40.1 Å². The molecule has 3 N–H and O–H groups in total. The van der Waals surface area contributed by atoms with Crippen LogP contribution >= 0.6 is 0 Å². The van der Waals surface area contributed by atoms with E-state index in [0.29, 0.717) is 47.5 Å². The number of nitrogens with zero attached hydrogens (tertiary/aromatic N) is 1. The van der Waals surface area contributed by atoms with Crippen molar-refractivity contribution in [3.05, 3.63) is 78.5 Å². The third-order valence-electron chi connectivity index (χ3n) is 6.77. The minimum atomic E-state index is -1.30. The number of fused-ring (bicyclic) bond motifs is 1. The molecule has 1 aliphatic rings. The fourth-order valence-electron chi connectivity index (χ4n) is 4.34. The van der Waals surface area contributed by atoms with Crippen molar-refractivity contribution < 1.29 is 73.5 Å². The van der Waals surface area contributed by atoms with E-state index >= 15 is 4.39 Å². The van der Waals surface area contributed by atoms with Gasteiger partial charge in [-0.2, -0.15) is 0 Å². The van der Waals surface area contributed by atoms with Gasteiger partial charge in [0, 0.05) is 35.1 Å². The summed E-state index contributed by atoms with van der Waals surface area (Å²) in [6.07, 6.45) is 1.92. The maximum absolute atomic E-state index is 15.2. The Kier molecular flexibility index (Phi) is 10.4. The molecule has 0 unspecified atom stereocenters. The smallest absolute Gasteiger partial charge is 1.00 e. The Hall–Kier alpha value is -4.26. The Balaban J connectivity index is 0.00000276. The van der Waals surface area contributed by atoms with Gasteiger partial charge in [0.25, 0.3) is 0 Å². The molecule has 44 heavy (non-hydrogen) atoms. The number of ether oxygens (including phenoxy) is 3. The number of anilines is 2. The van der Waals surface area contributed by atoms with Crippen molar-refractivity contribution in [2.75, 3.05) is 23.8 Å². The van der Waals surface area contributed by atoms with Crippen LogP contribution in [0.25, 0.3) is 10.9 Å². The fourth-order valence-corrected chi connectivity index (χ4v) is 4.34. The molecule has 5 rings (SSSR count). The van der Waals surface area contributed by atoms with Crippen LogP contribution in [0.2, 0.25) is 0 Å². The summed E-state index contributed by atoms with van der Waals surface area (Å²) in [7, 11) is 0. The molecule has 3 aromatic carbocycles. The van der Waals surface area contributed by atoms with E-state index in [1.54, 1.807) is 25.1 Å². The number of aromatic nitrogens is 1. The minimum Gasteiger partial charge on any atom is -1.00 e. The number of pyridine rings is 1. The number of carboxylic acids is 1. The Bertz CT molecular complexity index is 1710. The van der Waals surface area contributed by atoms with Gasteiger partial charge in [-0.15, -0.1) is 0 Å². The number of aliphatic carboxylic acids is 1. The first-order valence-corrected chi connectivity index (χ1v) is 13.4. The van der Waals surface area contributed by atoms with Gasteiger partial charge in [0.15, 0.2) is 23.1 Å². The third-order valence-corrected chi connectivity index (χ3v) is 6.77. The molecule has 10 nitrogen and oxygen atoms in total. The molecule has 0 saturated heterocycles. The van der Waals surface area contributed by atoms with Crippen LogP contribution in [0.5, 0.6) is 23.0 Å². The quantitative estimate of drug-likeness (QED) is 0.164.